The van der Waals surface area contributed by atoms with Gasteiger partial charge in [-0.3, -0.25) is 9.59 Å². The van der Waals surface area contributed by atoms with Gasteiger partial charge in [0.15, 0.2) is 6.10 Å². The molecule has 0 saturated carbocycles. The molecule has 0 bridgehead atoms. The third kappa shape index (κ3) is 3.73. The van der Waals surface area contributed by atoms with Gasteiger partial charge in [0.1, 0.15) is 5.75 Å². The van der Waals surface area contributed by atoms with E-state index in [1.807, 2.05) is 32.9 Å². The molecule has 2 N–H and O–H groups in total. The van der Waals surface area contributed by atoms with Crippen molar-refractivity contribution in [3.05, 3.63) is 24.3 Å². The first-order chi connectivity index (χ1) is 9.35. The zero-order chi connectivity index (χ0) is 14.8. The molecule has 0 aromatic heterocycles. The predicted octanol–water partition coefficient (Wildman–Crippen LogP) is 1.94. The molecular formula is C15H20N2O3. The van der Waals surface area contributed by atoms with Gasteiger partial charge in [-0.2, -0.15) is 0 Å². The number of carbonyl (C=O) groups excluding carboxylic acids is 2. The first-order valence-electron chi connectivity index (χ1n) is 6.68. The van der Waals surface area contributed by atoms with E-state index in [1.54, 1.807) is 12.1 Å². The molecule has 1 unspecified atom stereocenters. The fourth-order valence-corrected chi connectivity index (χ4v) is 1.98. The van der Waals surface area contributed by atoms with Crippen molar-refractivity contribution in [2.45, 2.75) is 33.3 Å². The van der Waals surface area contributed by atoms with Crippen LogP contribution in [0.15, 0.2) is 24.3 Å². The molecule has 1 aliphatic heterocycles. The molecule has 108 valence electrons. The van der Waals surface area contributed by atoms with E-state index in [0.29, 0.717) is 17.9 Å². The second-order valence-electron chi connectivity index (χ2n) is 6.13. The topological polar surface area (TPSA) is 67.4 Å². The Morgan fingerprint density at radius 2 is 2.05 bits per heavy atom. The minimum Gasteiger partial charge on any atom is -0.477 e. The van der Waals surface area contributed by atoms with Crippen LogP contribution in [0.25, 0.3) is 0 Å². The van der Waals surface area contributed by atoms with Gasteiger partial charge in [-0.05, 0) is 17.5 Å². The van der Waals surface area contributed by atoms with Crippen molar-refractivity contribution in [1.29, 1.82) is 0 Å². The summed E-state index contributed by atoms with van der Waals surface area (Å²) in [6.07, 6.45) is -0.272. The SMILES string of the molecule is CC(C)(C)CC(=O)NCC1Oc2ccccc2NC1=O. The highest BCUT2D eigenvalue weighted by atomic mass is 16.5. The Kier molecular flexibility index (Phi) is 3.97. The molecule has 2 amide bonds. The van der Waals surface area contributed by atoms with Crippen LogP contribution in [0, 0.1) is 5.41 Å². The maximum Gasteiger partial charge on any atom is 0.267 e. The van der Waals surface area contributed by atoms with Gasteiger partial charge in [-0.15, -0.1) is 0 Å². The van der Waals surface area contributed by atoms with Crippen LogP contribution in [-0.2, 0) is 9.59 Å². The summed E-state index contributed by atoms with van der Waals surface area (Å²) in [5, 5.41) is 5.51. The van der Waals surface area contributed by atoms with Crippen LogP contribution < -0.4 is 15.4 Å². The molecule has 0 fully saturated rings. The van der Waals surface area contributed by atoms with E-state index >= 15 is 0 Å². The van der Waals surface area contributed by atoms with Gasteiger partial charge in [0.05, 0.1) is 12.2 Å². The standard InChI is InChI=1S/C15H20N2O3/c1-15(2,3)8-13(18)16-9-12-14(19)17-10-6-4-5-7-11(10)20-12/h4-7,12H,8-9H2,1-3H3,(H,16,18)(H,17,19). The van der Waals surface area contributed by atoms with E-state index < -0.39 is 6.10 Å². The van der Waals surface area contributed by atoms with Gasteiger partial charge in [0.25, 0.3) is 5.91 Å². The quantitative estimate of drug-likeness (QED) is 0.886. The molecule has 0 aliphatic carbocycles. The van der Waals surface area contributed by atoms with Gasteiger partial charge in [-0.1, -0.05) is 32.9 Å². The van der Waals surface area contributed by atoms with Crippen molar-refractivity contribution in [3.63, 3.8) is 0 Å². The number of anilines is 1. The molecule has 1 atom stereocenters. The maximum atomic E-state index is 11.9. The minimum atomic E-state index is -0.686. The minimum absolute atomic E-state index is 0.0761. The van der Waals surface area contributed by atoms with E-state index in [4.69, 9.17) is 4.74 Å². The molecule has 1 aromatic carbocycles. The number of amides is 2. The summed E-state index contributed by atoms with van der Waals surface area (Å²) in [5.74, 6) is 0.315. The van der Waals surface area contributed by atoms with E-state index in [9.17, 15) is 9.59 Å². The summed E-state index contributed by atoms with van der Waals surface area (Å²) in [5.41, 5.74) is 0.585. The van der Waals surface area contributed by atoms with Crippen LogP contribution in [-0.4, -0.2) is 24.5 Å². The first kappa shape index (κ1) is 14.4. The summed E-state index contributed by atoms with van der Waals surface area (Å²) in [4.78, 5) is 23.6. The van der Waals surface area contributed by atoms with Crippen molar-refractivity contribution in [2.75, 3.05) is 11.9 Å². The van der Waals surface area contributed by atoms with E-state index in [0.717, 1.165) is 0 Å². The molecular weight excluding hydrogens is 256 g/mol. The van der Waals surface area contributed by atoms with Crippen LogP contribution >= 0.6 is 0 Å². The molecule has 1 aliphatic rings. The average Bonchev–Trinajstić information content (AvgIpc) is 2.34. The molecule has 1 aromatic rings. The Labute approximate surface area is 118 Å². The zero-order valence-electron chi connectivity index (χ0n) is 12.0. The second kappa shape index (κ2) is 5.53. The van der Waals surface area contributed by atoms with Gasteiger partial charge in [-0.25, -0.2) is 0 Å². The monoisotopic (exact) mass is 276 g/mol. The molecule has 5 nitrogen and oxygen atoms in total. The van der Waals surface area contributed by atoms with Crippen LogP contribution in [0.1, 0.15) is 27.2 Å². The third-order valence-electron chi connectivity index (χ3n) is 2.88. The van der Waals surface area contributed by atoms with Crippen LogP contribution in [0.3, 0.4) is 0 Å². The zero-order valence-corrected chi connectivity index (χ0v) is 12.0. The summed E-state index contributed by atoms with van der Waals surface area (Å²) < 4.78 is 5.60. The normalized spacial score (nSPS) is 17.8. The van der Waals surface area contributed by atoms with Crippen molar-refractivity contribution in [3.8, 4) is 5.75 Å². The largest absolute Gasteiger partial charge is 0.477 e. The molecule has 0 spiro atoms. The summed E-state index contributed by atoms with van der Waals surface area (Å²) >= 11 is 0. The van der Waals surface area contributed by atoms with E-state index in [1.165, 1.54) is 0 Å². The lowest BCUT2D eigenvalue weighted by atomic mass is 9.92. The highest BCUT2D eigenvalue weighted by Crippen LogP contribution is 2.28. The Morgan fingerprint density at radius 3 is 2.75 bits per heavy atom. The fraction of sp³-hybridized carbons (Fsp3) is 0.467. The smallest absolute Gasteiger partial charge is 0.267 e. The molecule has 1 heterocycles. The number of fused-ring (bicyclic) bond motifs is 1. The number of ether oxygens (including phenoxy) is 1. The molecule has 5 heteroatoms. The van der Waals surface area contributed by atoms with Crippen LogP contribution in [0.4, 0.5) is 5.69 Å². The maximum absolute atomic E-state index is 11.9. The third-order valence-corrected chi connectivity index (χ3v) is 2.88. The lowest BCUT2D eigenvalue weighted by Crippen LogP contribution is -2.45. The Bertz CT molecular complexity index is 520. The molecule has 2 rings (SSSR count). The van der Waals surface area contributed by atoms with Gasteiger partial charge < -0.3 is 15.4 Å². The lowest BCUT2D eigenvalue weighted by Gasteiger charge is -2.26. The molecule has 0 radical (unpaired) electrons. The Morgan fingerprint density at radius 1 is 1.35 bits per heavy atom. The molecule has 0 saturated heterocycles. The Hall–Kier alpha value is -2.04. The van der Waals surface area contributed by atoms with E-state index in [2.05, 4.69) is 10.6 Å². The number of carbonyl (C=O) groups is 2. The lowest BCUT2D eigenvalue weighted by molar-refractivity contribution is -0.125. The number of hydrogen-bond donors (Lipinski definition) is 2. The van der Waals surface area contributed by atoms with Gasteiger partial charge in [0, 0.05) is 6.42 Å². The fourth-order valence-electron chi connectivity index (χ4n) is 1.98. The summed E-state index contributed by atoms with van der Waals surface area (Å²) in [6, 6.07) is 7.24. The summed E-state index contributed by atoms with van der Waals surface area (Å²) in [7, 11) is 0. The highest BCUT2D eigenvalue weighted by Gasteiger charge is 2.28. The number of benzene rings is 1. The van der Waals surface area contributed by atoms with Crippen LogP contribution in [0.2, 0.25) is 0 Å². The van der Waals surface area contributed by atoms with Crippen molar-refractivity contribution < 1.29 is 14.3 Å². The number of nitrogens with one attached hydrogen (secondary N) is 2. The van der Waals surface area contributed by atoms with Crippen molar-refractivity contribution in [1.82, 2.24) is 5.32 Å². The average molecular weight is 276 g/mol. The Balaban J connectivity index is 1.92. The first-order valence-corrected chi connectivity index (χ1v) is 6.68. The second-order valence-corrected chi connectivity index (χ2v) is 6.13. The van der Waals surface area contributed by atoms with Crippen LogP contribution in [0.5, 0.6) is 5.75 Å². The number of hydrogen-bond acceptors (Lipinski definition) is 3. The van der Waals surface area contributed by atoms with Gasteiger partial charge >= 0.3 is 0 Å². The van der Waals surface area contributed by atoms with Crippen molar-refractivity contribution >= 4 is 17.5 Å². The van der Waals surface area contributed by atoms with Gasteiger partial charge in [0.2, 0.25) is 5.91 Å². The van der Waals surface area contributed by atoms with Crippen molar-refractivity contribution in [2.24, 2.45) is 5.41 Å². The van der Waals surface area contributed by atoms with E-state index in [-0.39, 0.29) is 23.8 Å². The number of rotatable bonds is 3. The summed E-state index contributed by atoms with van der Waals surface area (Å²) in [6.45, 7) is 6.15. The highest BCUT2D eigenvalue weighted by molar-refractivity contribution is 5.98. The predicted molar refractivity (Wildman–Crippen MR) is 76.6 cm³/mol. The number of para-hydroxylation sites is 2. The molecule has 20 heavy (non-hydrogen) atoms.